The van der Waals surface area contributed by atoms with Gasteiger partial charge in [-0.05, 0) is 61.8 Å². The summed E-state index contributed by atoms with van der Waals surface area (Å²) in [7, 11) is -0.777. The molecule has 4 aromatic rings. The van der Waals surface area contributed by atoms with Crippen molar-refractivity contribution in [1.29, 1.82) is 5.26 Å². The fourth-order valence-corrected chi connectivity index (χ4v) is 7.13. The van der Waals surface area contributed by atoms with E-state index >= 15 is 0 Å². The molecule has 42 heavy (non-hydrogen) atoms. The van der Waals surface area contributed by atoms with Gasteiger partial charge < -0.3 is 23.3 Å². The maximum Gasteiger partial charge on any atom is 0.141 e. The lowest BCUT2D eigenvalue weighted by Crippen LogP contribution is -2.28. The van der Waals surface area contributed by atoms with Crippen LogP contribution in [0.5, 0.6) is 5.75 Å². The lowest BCUT2D eigenvalue weighted by molar-refractivity contribution is 0.0868. The maximum absolute atomic E-state index is 10.9. The van der Waals surface area contributed by atoms with Crippen LogP contribution in [0.25, 0.3) is 21.9 Å². The van der Waals surface area contributed by atoms with Crippen molar-refractivity contribution in [2.45, 2.75) is 84.1 Å². The van der Waals surface area contributed by atoms with Crippen LogP contribution >= 0.6 is 15.9 Å². The third kappa shape index (κ3) is 7.03. The lowest BCUT2D eigenvalue weighted by Gasteiger charge is -2.27. The Hall–Kier alpha value is -2.43. The second-order valence-electron chi connectivity index (χ2n) is 13.7. The number of hydrogen-bond acceptors (Lipinski definition) is 5. The minimum Gasteiger partial charge on any atom is -0.496 e. The smallest absolute Gasteiger partial charge is 0.141 e. The van der Waals surface area contributed by atoms with Gasteiger partial charge in [-0.25, -0.2) is 4.98 Å². The van der Waals surface area contributed by atoms with Crippen molar-refractivity contribution in [3.63, 3.8) is 0 Å². The van der Waals surface area contributed by atoms with Gasteiger partial charge in [0.15, 0.2) is 0 Å². The number of benzene rings is 2. The molecule has 2 heterocycles. The summed E-state index contributed by atoms with van der Waals surface area (Å²) < 4.78 is 23.5. The molecule has 0 saturated heterocycles. The summed E-state index contributed by atoms with van der Waals surface area (Å²) in [6.45, 7) is 20.3. The second-order valence-corrected chi connectivity index (χ2v) is 25.9. The predicted molar refractivity (Wildman–Crippen MR) is 181 cm³/mol. The number of hydrogen-bond donors (Lipinski definition) is 0. The van der Waals surface area contributed by atoms with Crippen molar-refractivity contribution in [2.24, 2.45) is 0 Å². The first-order valence-corrected chi connectivity index (χ1v) is 22.8. The number of nitriles is 1. The molecule has 2 aromatic heterocycles. The molecule has 0 aliphatic rings. The van der Waals surface area contributed by atoms with E-state index < -0.39 is 21.6 Å². The molecule has 2 aromatic carbocycles. The number of imidazole rings is 1. The standard InChI is InChI=1S/C32H45BrN4O3Si2/c1-23-18-28(38-3)29(25-12-13-36(30(23)25)21-39-14-16-41(4,5)6)32(2,20-34)31-35-26-11-10-24(33)19-27(26)37(31)22-40-15-17-42(7,8)9/h10-13,18-19H,14-17,21-22H2,1-9H3. The molecule has 10 heteroatoms. The number of ether oxygens (including phenoxy) is 3. The van der Waals surface area contributed by atoms with Crippen LogP contribution in [-0.4, -0.2) is 50.6 Å². The molecule has 0 N–H and O–H groups in total. The predicted octanol–water partition coefficient (Wildman–Crippen LogP) is 8.52. The third-order valence-electron chi connectivity index (χ3n) is 7.74. The number of fused-ring (bicyclic) bond motifs is 2. The van der Waals surface area contributed by atoms with E-state index in [1.165, 1.54) is 0 Å². The van der Waals surface area contributed by atoms with Crippen LogP contribution in [-0.2, 0) is 28.4 Å². The van der Waals surface area contributed by atoms with Crippen LogP contribution in [0.2, 0.25) is 51.4 Å². The second kappa shape index (κ2) is 12.7. The van der Waals surface area contributed by atoms with E-state index in [1.807, 2.05) is 37.4 Å². The Bertz CT molecular complexity index is 1610. The molecule has 0 spiro atoms. The van der Waals surface area contributed by atoms with Gasteiger partial charge in [0.1, 0.15) is 30.5 Å². The summed E-state index contributed by atoms with van der Waals surface area (Å²) in [5, 5.41) is 11.9. The molecule has 1 atom stereocenters. The van der Waals surface area contributed by atoms with Crippen molar-refractivity contribution < 1.29 is 14.2 Å². The monoisotopic (exact) mass is 668 g/mol. The average Bonchev–Trinajstić information content (AvgIpc) is 3.49. The van der Waals surface area contributed by atoms with Gasteiger partial charge in [0.05, 0.1) is 29.7 Å². The molecule has 0 aliphatic heterocycles. The Balaban J connectivity index is 1.83. The molecule has 226 valence electrons. The zero-order chi connectivity index (χ0) is 30.9. The van der Waals surface area contributed by atoms with Crippen molar-refractivity contribution in [3.8, 4) is 11.8 Å². The molecule has 0 amide bonds. The average molecular weight is 670 g/mol. The first-order chi connectivity index (χ1) is 19.7. The van der Waals surface area contributed by atoms with Gasteiger partial charge in [-0.1, -0.05) is 55.2 Å². The minimum atomic E-state index is -1.26. The zero-order valence-electron chi connectivity index (χ0n) is 26.6. The van der Waals surface area contributed by atoms with E-state index in [1.54, 1.807) is 7.11 Å². The molecule has 0 fully saturated rings. The van der Waals surface area contributed by atoms with E-state index in [0.717, 1.165) is 56.2 Å². The zero-order valence-corrected chi connectivity index (χ0v) is 30.2. The fourth-order valence-electron chi connectivity index (χ4n) is 5.27. The van der Waals surface area contributed by atoms with E-state index in [2.05, 4.69) is 83.4 Å². The van der Waals surface area contributed by atoms with Crippen LogP contribution in [0.4, 0.5) is 0 Å². The normalized spacial score (nSPS) is 13.9. The number of halogens is 1. The number of aryl methyl sites for hydroxylation is 1. The Kier molecular flexibility index (Phi) is 9.80. The summed E-state index contributed by atoms with van der Waals surface area (Å²) in [4.78, 5) is 5.06. The Morgan fingerprint density at radius 3 is 2.21 bits per heavy atom. The molecule has 7 nitrogen and oxygen atoms in total. The van der Waals surface area contributed by atoms with Crippen molar-refractivity contribution in [2.75, 3.05) is 20.3 Å². The lowest BCUT2D eigenvalue weighted by atomic mass is 9.80. The molecule has 0 bridgehead atoms. The van der Waals surface area contributed by atoms with E-state index in [9.17, 15) is 5.26 Å². The number of aromatic nitrogens is 3. The van der Waals surface area contributed by atoms with E-state index in [0.29, 0.717) is 31.6 Å². The summed E-state index contributed by atoms with van der Waals surface area (Å²) >= 11 is 3.62. The highest BCUT2D eigenvalue weighted by molar-refractivity contribution is 9.10. The highest BCUT2D eigenvalue weighted by Gasteiger charge is 2.40. The molecule has 1 unspecified atom stereocenters. The summed E-state index contributed by atoms with van der Waals surface area (Å²) in [5.41, 5.74) is 3.51. The fraction of sp³-hybridized carbons (Fsp3) is 0.500. The summed E-state index contributed by atoms with van der Waals surface area (Å²) in [5.74, 6) is 1.30. The first kappa shape index (κ1) is 32.5. The van der Waals surface area contributed by atoms with Crippen LogP contribution in [0.15, 0.2) is 41.0 Å². The first-order valence-electron chi connectivity index (χ1n) is 14.6. The van der Waals surface area contributed by atoms with Crippen LogP contribution in [0.3, 0.4) is 0 Å². The van der Waals surface area contributed by atoms with Gasteiger partial charge in [0.25, 0.3) is 0 Å². The third-order valence-corrected chi connectivity index (χ3v) is 11.6. The summed E-state index contributed by atoms with van der Waals surface area (Å²) in [6, 6.07) is 14.9. The van der Waals surface area contributed by atoms with Crippen molar-refractivity contribution in [1.82, 2.24) is 14.1 Å². The van der Waals surface area contributed by atoms with Crippen molar-refractivity contribution in [3.05, 3.63) is 58.0 Å². The molecule has 0 radical (unpaired) electrons. The molecular weight excluding hydrogens is 624 g/mol. The molecule has 4 rings (SSSR count). The van der Waals surface area contributed by atoms with E-state index in [-0.39, 0.29) is 0 Å². The SMILES string of the molecule is COc1cc(C)c2c(ccn2COCC[Si](C)(C)C)c1C(C)(C#N)c1nc2ccc(Br)cc2n1COCC[Si](C)(C)C. The van der Waals surface area contributed by atoms with E-state index in [4.69, 9.17) is 19.2 Å². The van der Waals surface area contributed by atoms with Crippen molar-refractivity contribution >= 4 is 54.0 Å². The number of rotatable bonds is 13. The van der Waals surface area contributed by atoms with Crippen LogP contribution in [0, 0.1) is 18.3 Å². The van der Waals surface area contributed by atoms with Gasteiger partial charge in [-0.2, -0.15) is 5.26 Å². The Morgan fingerprint density at radius 1 is 0.976 bits per heavy atom. The Labute approximate surface area is 260 Å². The highest BCUT2D eigenvalue weighted by Crippen LogP contribution is 2.44. The minimum absolute atomic E-state index is 0.313. The number of nitrogens with zero attached hydrogens (tertiary/aromatic N) is 4. The van der Waals surface area contributed by atoms with Crippen LogP contribution in [0.1, 0.15) is 23.9 Å². The maximum atomic E-state index is 10.9. The Morgan fingerprint density at radius 2 is 1.62 bits per heavy atom. The van der Waals surface area contributed by atoms with Gasteiger partial charge in [0, 0.05) is 51.0 Å². The van der Waals surface area contributed by atoms with Gasteiger partial charge in [0.2, 0.25) is 0 Å². The van der Waals surface area contributed by atoms with Crippen LogP contribution < -0.4 is 4.74 Å². The van der Waals surface area contributed by atoms with Gasteiger partial charge in [-0.3, -0.25) is 0 Å². The molecular formula is C32H45BrN4O3Si2. The topological polar surface area (TPSA) is 74.2 Å². The quantitative estimate of drug-likeness (QED) is 0.105. The molecule has 0 saturated carbocycles. The largest absolute Gasteiger partial charge is 0.496 e. The number of methoxy groups -OCH3 is 1. The van der Waals surface area contributed by atoms with Gasteiger partial charge >= 0.3 is 0 Å². The van der Waals surface area contributed by atoms with Gasteiger partial charge in [-0.15, -0.1) is 0 Å². The summed E-state index contributed by atoms with van der Waals surface area (Å²) in [6.07, 6.45) is 2.05. The molecule has 0 aliphatic carbocycles. The highest BCUT2D eigenvalue weighted by atomic mass is 79.9.